The Kier molecular flexibility index (Phi) is 2.96. The Morgan fingerprint density at radius 2 is 2.09 bits per heavy atom. The summed E-state index contributed by atoms with van der Waals surface area (Å²) in [6.45, 7) is 2.05. The molecule has 4 rings (SSSR count). The maximum absolute atomic E-state index is 12.4. The van der Waals surface area contributed by atoms with Crippen molar-refractivity contribution in [1.82, 2.24) is 9.97 Å². The average Bonchev–Trinajstić information content (AvgIpc) is 3.25. The Balaban J connectivity index is 1.54. The molecular weight excluding hydrogens is 282 g/mol. The normalized spacial score (nSPS) is 15.7. The van der Waals surface area contributed by atoms with Crippen LogP contribution in [0.2, 0.25) is 0 Å². The Bertz CT molecular complexity index is 756. The van der Waals surface area contributed by atoms with E-state index in [9.17, 15) is 4.79 Å². The molecule has 2 heterocycles. The average molecular weight is 297 g/mol. The third-order valence-corrected chi connectivity index (χ3v) is 3.82. The molecule has 1 aromatic heterocycles. The SMILES string of the molecule is Cc1nc(C2CC2)ncc1C(=O)Nc1ccc2c(c1)OCO2. The van der Waals surface area contributed by atoms with Gasteiger partial charge in [-0.1, -0.05) is 0 Å². The van der Waals surface area contributed by atoms with Crippen LogP contribution in [0.4, 0.5) is 5.69 Å². The van der Waals surface area contributed by atoms with Gasteiger partial charge in [-0.3, -0.25) is 4.79 Å². The number of hydrogen-bond donors (Lipinski definition) is 1. The number of anilines is 1. The van der Waals surface area contributed by atoms with Crippen LogP contribution in [0, 0.1) is 6.92 Å². The van der Waals surface area contributed by atoms with E-state index in [0.717, 1.165) is 18.7 Å². The van der Waals surface area contributed by atoms with Gasteiger partial charge in [0.25, 0.3) is 5.91 Å². The molecule has 1 aliphatic carbocycles. The minimum absolute atomic E-state index is 0.211. The second-order valence-corrected chi connectivity index (χ2v) is 5.52. The van der Waals surface area contributed by atoms with Crippen molar-refractivity contribution in [2.75, 3.05) is 12.1 Å². The number of aromatic nitrogens is 2. The summed E-state index contributed by atoms with van der Waals surface area (Å²) in [5, 5.41) is 2.84. The van der Waals surface area contributed by atoms with Crippen LogP contribution < -0.4 is 14.8 Å². The van der Waals surface area contributed by atoms with Gasteiger partial charge in [0.1, 0.15) is 5.82 Å². The van der Waals surface area contributed by atoms with Gasteiger partial charge in [0, 0.05) is 23.9 Å². The maximum atomic E-state index is 12.4. The van der Waals surface area contributed by atoms with E-state index < -0.39 is 0 Å². The first kappa shape index (κ1) is 13.1. The molecule has 1 N–H and O–H groups in total. The van der Waals surface area contributed by atoms with Crippen molar-refractivity contribution in [3.8, 4) is 11.5 Å². The number of carbonyl (C=O) groups excluding carboxylic acids is 1. The van der Waals surface area contributed by atoms with Crippen LogP contribution in [0.25, 0.3) is 0 Å². The molecule has 1 aliphatic heterocycles. The van der Waals surface area contributed by atoms with Crippen LogP contribution in [-0.2, 0) is 0 Å². The number of fused-ring (bicyclic) bond motifs is 1. The second kappa shape index (κ2) is 4.98. The Morgan fingerprint density at radius 3 is 2.86 bits per heavy atom. The Morgan fingerprint density at radius 1 is 1.27 bits per heavy atom. The zero-order chi connectivity index (χ0) is 15.1. The molecule has 6 nitrogen and oxygen atoms in total. The summed E-state index contributed by atoms with van der Waals surface area (Å²) in [4.78, 5) is 21.1. The van der Waals surface area contributed by atoms with E-state index in [-0.39, 0.29) is 12.7 Å². The lowest BCUT2D eigenvalue weighted by molar-refractivity contribution is 0.102. The summed E-state index contributed by atoms with van der Waals surface area (Å²) < 4.78 is 10.5. The van der Waals surface area contributed by atoms with E-state index in [2.05, 4.69) is 15.3 Å². The van der Waals surface area contributed by atoms with Crippen molar-refractivity contribution in [3.63, 3.8) is 0 Å². The van der Waals surface area contributed by atoms with Gasteiger partial charge in [-0.2, -0.15) is 0 Å². The van der Waals surface area contributed by atoms with E-state index in [0.29, 0.717) is 34.4 Å². The van der Waals surface area contributed by atoms with Gasteiger partial charge in [-0.05, 0) is 31.9 Å². The predicted molar refractivity (Wildman–Crippen MR) is 79.3 cm³/mol. The van der Waals surface area contributed by atoms with E-state index in [1.165, 1.54) is 0 Å². The summed E-state index contributed by atoms with van der Waals surface area (Å²) in [5.41, 5.74) is 1.84. The molecule has 2 aromatic rings. The minimum atomic E-state index is -0.223. The Labute approximate surface area is 127 Å². The summed E-state index contributed by atoms with van der Waals surface area (Å²) in [5.74, 6) is 2.42. The molecule has 0 atom stereocenters. The van der Waals surface area contributed by atoms with Crippen LogP contribution in [0.5, 0.6) is 11.5 Å². The van der Waals surface area contributed by atoms with Gasteiger partial charge < -0.3 is 14.8 Å². The van der Waals surface area contributed by atoms with Gasteiger partial charge in [0.15, 0.2) is 11.5 Å². The lowest BCUT2D eigenvalue weighted by Crippen LogP contribution is -2.15. The van der Waals surface area contributed by atoms with E-state index in [1.807, 2.05) is 6.92 Å². The number of carbonyl (C=O) groups is 1. The quantitative estimate of drug-likeness (QED) is 0.942. The number of hydrogen-bond acceptors (Lipinski definition) is 5. The first-order valence-electron chi connectivity index (χ1n) is 7.25. The van der Waals surface area contributed by atoms with Crippen LogP contribution in [0.1, 0.15) is 40.6 Å². The predicted octanol–water partition coefficient (Wildman–Crippen LogP) is 2.64. The summed E-state index contributed by atoms with van der Waals surface area (Å²) in [6.07, 6.45) is 3.89. The third-order valence-electron chi connectivity index (χ3n) is 3.82. The monoisotopic (exact) mass is 297 g/mol. The molecule has 2 aliphatic rings. The van der Waals surface area contributed by atoms with Gasteiger partial charge in [-0.25, -0.2) is 9.97 Å². The largest absolute Gasteiger partial charge is 0.454 e. The lowest BCUT2D eigenvalue weighted by atomic mass is 10.2. The lowest BCUT2D eigenvalue weighted by Gasteiger charge is -2.08. The number of benzene rings is 1. The highest BCUT2D eigenvalue weighted by Crippen LogP contribution is 2.38. The molecule has 0 bridgehead atoms. The number of amides is 1. The maximum Gasteiger partial charge on any atom is 0.259 e. The summed E-state index contributed by atoms with van der Waals surface area (Å²) in [7, 11) is 0. The topological polar surface area (TPSA) is 73.3 Å². The second-order valence-electron chi connectivity index (χ2n) is 5.52. The van der Waals surface area contributed by atoms with Crippen molar-refractivity contribution in [2.45, 2.75) is 25.7 Å². The first-order chi connectivity index (χ1) is 10.7. The molecule has 112 valence electrons. The van der Waals surface area contributed by atoms with Crippen molar-refractivity contribution >= 4 is 11.6 Å². The zero-order valence-corrected chi connectivity index (χ0v) is 12.1. The van der Waals surface area contributed by atoms with Crippen molar-refractivity contribution in [2.24, 2.45) is 0 Å². The van der Waals surface area contributed by atoms with Gasteiger partial charge >= 0.3 is 0 Å². The Hall–Kier alpha value is -2.63. The smallest absolute Gasteiger partial charge is 0.259 e. The van der Waals surface area contributed by atoms with Gasteiger partial charge in [0.2, 0.25) is 6.79 Å². The highest BCUT2D eigenvalue weighted by Gasteiger charge is 2.27. The highest BCUT2D eigenvalue weighted by molar-refractivity contribution is 6.04. The number of nitrogens with one attached hydrogen (secondary N) is 1. The molecule has 6 heteroatoms. The highest BCUT2D eigenvalue weighted by atomic mass is 16.7. The number of rotatable bonds is 3. The van der Waals surface area contributed by atoms with E-state index in [1.54, 1.807) is 24.4 Å². The number of aryl methyl sites for hydroxylation is 1. The zero-order valence-electron chi connectivity index (χ0n) is 12.1. The molecule has 1 aromatic carbocycles. The van der Waals surface area contributed by atoms with Gasteiger partial charge in [-0.15, -0.1) is 0 Å². The molecule has 22 heavy (non-hydrogen) atoms. The number of nitrogens with zero attached hydrogens (tertiary/aromatic N) is 2. The number of ether oxygens (including phenoxy) is 2. The first-order valence-corrected chi connectivity index (χ1v) is 7.25. The molecule has 0 saturated heterocycles. The molecule has 1 fully saturated rings. The third kappa shape index (κ3) is 2.36. The fourth-order valence-corrected chi connectivity index (χ4v) is 2.42. The van der Waals surface area contributed by atoms with Crippen LogP contribution in [-0.4, -0.2) is 22.7 Å². The van der Waals surface area contributed by atoms with Crippen LogP contribution >= 0.6 is 0 Å². The molecule has 1 saturated carbocycles. The van der Waals surface area contributed by atoms with Crippen molar-refractivity contribution in [1.29, 1.82) is 0 Å². The standard InChI is InChI=1S/C16H15N3O3/c1-9-12(7-17-15(18-9)10-2-3-10)16(20)19-11-4-5-13-14(6-11)22-8-21-13/h4-7,10H,2-3,8H2,1H3,(H,19,20). The molecular formula is C16H15N3O3. The molecule has 0 spiro atoms. The van der Waals surface area contributed by atoms with Crippen molar-refractivity contribution < 1.29 is 14.3 Å². The van der Waals surface area contributed by atoms with Crippen LogP contribution in [0.15, 0.2) is 24.4 Å². The van der Waals surface area contributed by atoms with Crippen molar-refractivity contribution in [3.05, 3.63) is 41.5 Å². The molecule has 0 unspecified atom stereocenters. The van der Waals surface area contributed by atoms with Crippen LogP contribution in [0.3, 0.4) is 0 Å². The molecule has 0 radical (unpaired) electrons. The fourth-order valence-electron chi connectivity index (χ4n) is 2.42. The minimum Gasteiger partial charge on any atom is -0.454 e. The fraction of sp³-hybridized carbons (Fsp3) is 0.312. The van der Waals surface area contributed by atoms with E-state index >= 15 is 0 Å². The van der Waals surface area contributed by atoms with Gasteiger partial charge in [0.05, 0.1) is 11.3 Å². The summed E-state index contributed by atoms with van der Waals surface area (Å²) in [6, 6.07) is 5.30. The summed E-state index contributed by atoms with van der Waals surface area (Å²) >= 11 is 0. The van der Waals surface area contributed by atoms with E-state index in [4.69, 9.17) is 9.47 Å². The molecule has 1 amide bonds.